The van der Waals surface area contributed by atoms with Crippen molar-refractivity contribution in [1.82, 2.24) is 0 Å². The lowest BCUT2D eigenvalue weighted by molar-refractivity contribution is -0.589. The Hall–Kier alpha value is -0.120. The van der Waals surface area contributed by atoms with Gasteiger partial charge in [-0.05, 0) is 18.8 Å². The summed E-state index contributed by atoms with van der Waals surface area (Å²) in [4.78, 5) is 0. The van der Waals surface area contributed by atoms with Gasteiger partial charge < -0.3 is 16.2 Å². The molecule has 0 bridgehead atoms. The standard InChI is InChI=1S/C20H43NO.H2O/c1-20(2)18-16-14-12-10-8-6-4-3-5-7-9-11-13-15-17-19-21-22;/h20H,3-19,21H2,1-2H3;1H2. The number of quaternary nitrogens is 1. The second kappa shape index (κ2) is 21.9. The molecule has 142 valence electrons. The third kappa shape index (κ3) is 24.3. The van der Waals surface area contributed by atoms with Crippen LogP contribution in [0.2, 0.25) is 0 Å². The molecule has 0 amide bonds. The van der Waals surface area contributed by atoms with Crippen LogP contribution in [0.15, 0.2) is 0 Å². The van der Waals surface area contributed by atoms with Crippen molar-refractivity contribution in [3.05, 3.63) is 5.21 Å². The zero-order valence-corrected chi connectivity index (χ0v) is 16.1. The molecule has 0 saturated heterocycles. The van der Waals surface area contributed by atoms with Gasteiger partial charge in [0.25, 0.3) is 0 Å². The average Bonchev–Trinajstić information content (AvgIpc) is 2.50. The minimum atomic E-state index is 0. The molecule has 4 N–H and O–H groups in total. The molecule has 23 heavy (non-hydrogen) atoms. The van der Waals surface area contributed by atoms with Crippen LogP contribution < -0.4 is 5.48 Å². The van der Waals surface area contributed by atoms with Crippen LogP contribution in [0.3, 0.4) is 0 Å². The van der Waals surface area contributed by atoms with Crippen molar-refractivity contribution in [2.75, 3.05) is 6.54 Å². The van der Waals surface area contributed by atoms with Crippen LogP contribution in [0.25, 0.3) is 0 Å². The lowest BCUT2D eigenvalue weighted by atomic mass is 10.0. The molecule has 0 rings (SSSR count). The quantitative estimate of drug-likeness (QED) is 0.275. The van der Waals surface area contributed by atoms with E-state index >= 15 is 0 Å². The van der Waals surface area contributed by atoms with Crippen molar-refractivity contribution in [2.24, 2.45) is 5.92 Å². The van der Waals surface area contributed by atoms with Gasteiger partial charge in [-0.15, -0.1) is 0 Å². The molecule has 0 unspecified atom stereocenters. The molecule has 0 spiro atoms. The lowest BCUT2D eigenvalue weighted by Gasteiger charge is -2.05. The molecule has 0 aromatic carbocycles. The van der Waals surface area contributed by atoms with Gasteiger partial charge >= 0.3 is 0 Å². The van der Waals surface area contributed by atoms with E-state index in [1.54, 1.807) is 0 Å². The summed E-state index contributed by atoms with van der Waals surface area (Å²) in [5, 5.41) is 10.2. The molecule has 0 fully saturated rings. The van der Waals surface area contributed by atoms with E-state index in [0.717, 1.165) is 24.4 Å². The zero-order chi connectivity index (χ0) is 16.3. The largest absolute Gasteiger partial charge is 0.636 e. The molecule has 0 heterocycles. The van der Waals surface area contributed by atoms with Crippen molar-refractivity contribution in [3.63, 3.8) is 0 Å². The summed E-state index contributed by atoms with van der Waals surface area (Å²) in [6.07, 6.45) is 22.3. The van der Waals surface area contributed by atoms with Crippen LogP contribution in [-0.4, -0.2) is 12.0 Å². The first-order chi connectivity index (χ1) is 10.8. The highest BCUT2D eigenvalue weighted by molar-refractivity contribution is 4.51. The van der Waals surface area contributed by atoms with E-state index in [1.165, 1.54) is 96.3 Å². The normalized spacial score (nSPS) is 11.0. The summed E-state index contributed by atoms with van der Waals surface area (Å²) in [7, 11) is 0. The molecule has 3 nitrogen and oxygen atoms in total. The van der Waals surface area contributed by atoms with Gasteiger partial charge in [-0.2, -0.15) is 0 Å². The number of rotatable bonds is 18. The fourth-order valence-corrected chi connectivity index (χ4v) is 3.08. The lowest BCUT2D eigenvalue weighted by Crippen LogP contribution is -2.77. The third-order valence-corrected chi connectivity index (χ3v) is 4.60. The molecule has 0 radical (unpaired) electrons. The monoisotopic (exact) mass is 331 g/mol. The fraction of sp³-hybridized carbons (Fsp3) is 1.00. The summed E-state index contributed by atoms with van der Waals surface area (Å²) >= 11 is 0. The van der Waals surface area contributed by atoms with Crippen LogP contribution in [-0.2, 0) is 0 Å². The van der Waals surface area contributed by atoms with Gasteiger partial charge in [0.05, 0.1) is 6.54 Å². The maximum absolute atomic E-state index is 10.2. The van der Waals surface area contributed by atoms with E-state index in [0.29, 0.717) is 0 Å². The number of hydrogen-bond donors (Lipinski definition) is 1. The third-order valence-electron chi connectivity index (χ3n) is 4.60. The van der Waals surface area contributed by atoms with E-state index in [1.807, 2.05) is 0 Å². The molecule has 0 aliphatic heterocycles. The second-order valence-corrected chi connectivity index (χ2v) is 7.44. The molecule has 0 saturated carbocycles. The molecule has 0 aliphatic rings. The fourth-order valence-electron chi connectivity index (χ4n) is 3.08. The Morgan fingerprint density at radius 3 is 1.17 bits per heavy atom. The molecule has 0 aliphatic carbocycles. The van der Waals surface area contributed by atoms with Crippen LogP contribution in [0.4, 0.5) is 0 Å². The summed E-state index contributed by atoms with van der Waals surface area (Å²) in [6.45, 7) is 5.42. The van der Waals surface area contributed by atoms with Gasteiger partial charge in [0, 0.05) is 0 Å². The van der Waals surface area contributed by atoms with Crippen molar-refractivity contribution in [1.29, 1.82) is 0 Å². The molecular formula is C20H45NO2. The Kier molecular flexibility index (Phi) is 23.9. The summed E-state index contributed by atoms with van der Waals surface area (Å²) < 4.78 is 0. The molecule has 0 aromatic heterocycles. The van der Waals surface area contributed by atoms with E-state index in [4.69, 9.17) is 0 Å². The topological polar surface area (TPSA) is 71.2 Å². The summed E-state index contributed by atoms with van der Waals surface area (Å²) in [5.41, 5.74) is 1.05. The van der Waals surface area contributed by atoms with Crippen molar-refractivity contribution >= 4 is 0 Å². The smallest absolute Gasteiger partial charge is 0.0752 e. The minimum absolute atomic E-state index is 0. The van der Waals surface area contributed by atoms with Gasteiger partial charge in [0.2, 0.25) is 0 Å². The molecule has 0 atom stereocenters. The minimum Gasteiger partial charge on any atom is -0.636 e. The van der Waals surface area contributed by atoms with Crippen LogP contribution >= 0.6 is 0 Å². The van der Waals surface area contributed by atoms with Gasteiger partial charge in [-0.1, -0.05) is 104 Å². The highest BCUT2D eigenvalue weighted by Gasteiger charge is 1.96. The van der Waals surface area contributed by atoms with Gasteiger partial charge in [0.15, 0.2) is 0 Å². The number of hydrogen-bond acceptors (Lipinski definition) is 1. The number of nitrogens with two attached hydrogens (primary N) is 1. The Bertz CT molecular complexity index is 198. The van der Waals surface area contributed by atoms with Crippen molar-refractivity contribution in [2.45, 2.75) is 117 Å². The predicted octanol–water partition coefficient (Wildman–Crippen LogP) is 5.12. The molecule has 3 heteroatoms. The van der Waals surface area contributed by atoms with Gasteiger partial charge in [-0.3, -0.25) is 0 Å². The molecular weight excluding hydrogens is 286 g/mol. The predicted molar refractivity (Wildman–Crippen MR) is 102 cm³/mol. The Labute approximate surface area is 145 Å². The summed E-state index contributed by atoms with van der Waals surface area (Å²) in [5.74, 6) is 0.886. The SMILES string of the molecule is CC(C)CCCCCCCCCCCCCCCCC[NH2+][O-].O. The maximum atomic E-state index is 10.2. The van der Waals surface area contributed by atoms with Crippen LogP contribution in [0, 0.1) is 11.1 Å². The van der Waals surface area contributed by atoms with Crippen LogP contribution in [0.5, 0.6) is 0 Å². The van der Waals surface area contributed by atoms with Crippen molar-refractivity contribution in [3.8, 4) is 0 Å². The number of hydroxylamine groups is 1. The second-order valence-electron chi connectivity index (χ2n) is 7.44. The van der Waals surface area contributed by atoms with Crippen LogP contribution in [0.1, 0.15) is 117 Å². The van der Waals surface area contributed by atoms with E-state index in [2.05, 4.69) is 13.8 Å². The van der Waals surface area contributed by atoms with E-state index in [9.17, 15) is 5.21 Å². The highest BCUT2D eigenvalue weighted by Crippen LogP contribution is 2.14. The first kappa shape index (κ1) is 25.1. The first-order valence-corrected chi connectivity index (χ1v) is 10.2. The number of unbranched alkanes of at least 4 members (excludes halogenated alkanes) is 14. The Morgan fingerprint density at radius 1 is 0.565 bits per heavy atom. The van der Waals surface area contributed by atoms with Crippen molar-refractivity contribution < 1.29 is 11.0 Å². The Morgan fingerprint density at radius 2 is 0.870 bits per heavy atom. The van der Waals surface area contributed by atoms with Gasteiger partial charge in [0.1, 0.15) is 0 Å². The average molecular weight is 332 g/mol. The van der Waals surface area contributed by atoms with E-state index < -0.39 is 0 Å². The molecule has 0 aromatic rings. The maximum Gasteiger partial charge on any atom is 0.0752 e. The first-order valence-electron chi connectivity index (χ1n) is 10.2. The summed E-state index contributed by atoms with van der Waals surface area (Å²) in [6, 6.07) is 0. The Balaban J connectivity index is 0. The van der Waals surface area contributed by atoms with E-state index in [-0.39, 0.29) is 5.48 Å². The zero-order valence-electron chi connectivity index (χ0n) is 16.1. The highest BCUT2D eigenvalue weighted by atomic mass is 16.5. The van der Waals surface area contributed by atoms with Gasteiger partial charge in [-0.25, -0.2) is 0 Å².